The van der Waals surface area contributed by atoms with Crippen molar-refractivity contribution in [3.8, 4) is 0 Å². The van der Waals surface area contributed by atoms with Crippen molar-refractivity contribution < 1.29 is 4.42 Å². The van der Waals surface area contributed by atoms with Crippen molar-refractivity contribution in [2.24, 2.45) is 5.10 Å². The minimum absolute atomic E-state index is 0.320. The first-order chi connectivity index (χ1) is 8.67. The highest BCUT2D eigenvalue weighted by molar-refractivity contribution is 8.15. The number of benzene rings is 1. The van der Waals surface area contributed by atoms with Crippen LogP contribution in [-0.4, -0.2) is 5.04 Å². The Hall–Kier alpha value is -1.68. The van der Waals surface area contributed by atoms with Gasteiger partial charge in [-0.1, -0.05) is 42.1 Å². The summed E-state index contributed by atoms with van der Waals surface area (Å²) in [7, 11) is 0. The lowest BCUT2D eigenvalue weighted by Crippen LogP contribution is -2.28. The first-order valence-electron chi connectivity index (χ1n) is 5.84. The number of hydrogen-bond acceptors (Lipinski definition) is 4. The van der Waals surface area contributed by atoms with Crippen molar-refractivity contribution in [2.75, 3.05) is 0 Å². The van der Waals surface area contributed by atoms with Gasteiger partial charge in [-0.3, -0.25) is 5.43 Å². The molecule has 1 aromatic heterocycles. The summed E-state index contributed by atoms with van der Waals surface area (Å²) >= 11 is 1.68. The number of hydrogen-bond donors (Lipinski definition) is 1. The topological polar surface area (TPSA) is 37.5 Å². The summed E-state index contributed by atoms with van der Waals surface area (Å²) in [5.41, 5.74) is 4.30. The number of nitrogens with zero attached hydrogens (tertiary/aromatic N) is 1. The van der Waals surface area contributed by atoms with E-state index in [1.807, 2.05) is 37.3 Å². The van der Waals surface area contributed by atoms with Crippen LogP contribution in [0.3, 0.4) is 0 Å². The van der Waals surface area contributed by atoms with Gasteiger partial charge in [-0.15, -0.1) is 0 Å². The molecule has 1 unspecified atom stereocenters. The zero-order valence-corrected chi connectivity index (χ0v) is 11.1. The molecule has 0 fully saturated rings. The predicted octanol–water partition coefficient (Wildman–Crippen LogP) is 3.46. The number of nitrogens with one attached hydrogen (secondary N) is 1. The summed E-state index contributed by atoms with van der Waals surface area (Å²) in [4.78, 5) is -0.320. The number of hydrazone groups is 1. The van der Waals surface area contributed by atoms with Crippen LogP contribution in [0.15, 0.2) is 52.0 Å². The third-order valence-electron chi connectivity index (χ3n) is 2.90. The average Bonchev–Trinajstić information content (AvgIpc) is 2.98. The predicted molar refractivity (Wildman–Crippen MR) is 74.5 cm³/mol. The van der Waals surface area contributed by atoms with Gasteiger partial charge in [0, 0.05) is 5.56 Å². The SMILES string of the molecule is Cc1ccc(C2(C)NN=C(c3ccccc3)S2)o1. The summed E-state index contributed by atoms with van der Waals surface area (Å²) in [5.74, 6) is 1.82. The summed E-state index contributed by atoms with van der Waals surface area (Å²) in [6, 6.07) is 14.1. The van der Waals surface area contributed by atoms with Crippen LogP contribution < -0.4 is 5.43 Å². The van der Waals surface area contributed by atoms with Crippen molar-refractivity contribution in [3.05, 3.63) is 59.5 Å². The van der Waals surface area contributed by atoms with Gasteiger partial charge in [0.25, 0.3) is 0 Å². The van der Waals surface area contributed by atoms with Crippen LogP contribution in [0.25, 0.3) is 0 Å². The molecule has 0 amide bonds. The molecule has 0 saturated heterocycles. The van der Waals surface area contributed by atoms with E-state index in [9.17, 15) is 0 Å². The Morgan fingerprint density at radius 3 is 2.61 bits per heavy atom. The third kappa shape index (κ3) is 1.93. The minimum Gasteiger partial charge on any atom is -0.463 e. The third-order valence-corrected chi connectivity index (χ3v) is 4.12. The van der Waals surface area contributed by atoms with Crippen molar-refractivity contribution in [2.45, 2.75) is 18.7 Å². The normalized spacial score (nSPS) is 22.7. The Morgan fingerprint density at radius 2 is 1.94 bits per heavy atom. The zero-order chi connectivity index (χ0) is 12.6. The molecule has 18 heavy (non-hydrogen) atoms. The molecule has 3 nitrogen and oxygen atoms in total. The lowest BCUT2D eigenvalue weighted by atomic mass is 10.2. The maximum Gasteiger partial charge on any atom is 0.160 e. The Bertz CT molecular complexity index is 591. The smallest absolute Gasteiger partial charge is 0.160 e. The lowest BCUT2D eigenvalue weighted by molar-refractivity contribution is 0.401. The second kappa shape index (κ2) is 4.21. The highest BCUT2D eigenvalue weighted by Gasteiger charge is 2.37. The van der Waals surface area contributed by atoms with Gasteiger partial charge in [-0.2, -0.15) is 5.10 Å². The molecule has 2 aromatic rings. The molecule has 1 N–H and O–H groups in total. The standard InChI is InChI=1S/C14H14N2OS/c1-10-8-9-12(17-10)14(2)16-15-13(18-14)11-6-4-3-5-7-11/h3-9,16H,1-2H3. The molecule has 1 aliphatic heterocycles. The van der Waals surface area contributed by atoms with E-state index in [1.165, 1.54) is 0 Å². The van der Waals surface area contributed by atoms with E-state index in [4.69, 9.17) is 4.42 Å². The van der Waals surface area contributed by atoms with Gasteiger partial charge < -0.3 is 4.42 Å². The van der Waals surface area contributed by atoms with E-state index in [-0.39, 0.29) is 4.87 Å². The Morgan fingerprint density at radius 1 is 1.17 bits per heavy atom. The van der Waals surface area contributed by atoms with Gasteiger partial charge in [-0.25, -0.2) is 0 Å². The van der Waals surface area contributed by atoms with Gasteiger partial charge in [-0.05, 0) is 26.0 Å². The molecule has 2 heterocycles. The molecule has 4 heteroatoms. The monoisotopic (exact) mass is 258 g/mol. The van der Waals surface area contributed by atoms with E-state index >= 15 is 0 Å². The largest absolute Gasteiger partial charge is 0.463 e. The van der Waals surface area contributed by atoms with Gasteiger partial charge >= 0.3 is 0 Å². The summed E-state index contributed by atoms with van der Waals surface area (Å²) in [6.45, 7) is 4.03. The highest BCUT2D eigenvalue weighted by atomic mass is 32.2. The van der Waals surface area contributed by atoms with Crippen LogP contribution in [0, 0.1) is 6.92 Å². The molecule has 0 bridgehead atoms. The Balaban J connectivity index is 1.86. The Labute approximate surface area is 110 Å². The van der Waals surface area contributed by atoms with E-state index in [0.29, 0.717) is 0 Å². The molecule has 92 valence electrons. The van der Waals surface area contributed by atoms with E-state index in [2.05, 4.69) is 29.6 Å². The van der Waals surface area contributed by atoms with Crippen LogP contribution in [0.1, 0.15) is 24.0 Å². The molecular weight excluding hydrogens is 244 g/mol. The molecule has 0 spiro atoms. The molecule has 1 atom stereocenters. The number of rotatable bonds is 2. The molecular formula is C14H14N2OS. The maximum absolute atomic E-state index is 5.70. The van der Waals surface area contributed by atoms with Crippen LogP contribution in [-0.2, 0) is 4.87 Å². The molecule has 1 aromatic carbocycles. The highest BCUT2D eigenvalue weighted by Crippen LogP contribution is 2.40. The fourth-order valence-electron chi connectivity index (χ4n) is 1.90. The lowest BCUT2D eigenvalue weighted by Gasteiger charge is -2.19. The molecule has 3 rings (SSSR count). The number of thioether (sulfide) groups is 1. The van der Waals surface area contributed by atoms with Crippen molar-refractivity contribution in [1.82, 2.24) is 5.43 Å². The second-order valence-electron chi connectivity index (χ2n) is 4.44. The fraction of sp³-hybridized carbons (Fsp3) is 0.214. The van der Waals surface area contributed by atoms with Crippen molar-refractivity contribution in [1.29, 1.82) is 0 Å². The van der Waals surface area contributed by atoms with Crippen LogP contribution in [0.2, 0.25) is 0 Å². The van der Waals surface area contributed by atoms with Crippen LogP contribution >= 0.6 is 11.8 Å². The number of furan rings is 1. The van der Waals surface area contributed by atoms with E-state index in [1.54, 1.807) is 11.8 Å². The van der Waals surface area contributed by atoms with Gasteiger partial charge in [0.1, 0.15) is 16.6 Å². The van der Waals surface area contributed by atoms with Gasteiger partial charge in [0.05, 0.1) is 0 Å². The quantitative estimate of drug-likeness (QED) is 0.896. The maximum atomic E-state index is 5.70. The summed E-state index contributed by atoms with van der Waals surface area (Å²) < 4.78 is 5.70. The minimum atomic E-state index is -0.320. The van der Waals surface area contributed by atoms with E-state index in [0.717, 1.165) is 22.1 Å². The summed E-state index contributed by atoms with van der Waals surface area (Å²) in [5, 5.41) is 5.41. The average molecular weight is 258 g/mol. The van der Waals surface area contributed by atoms with Crippen LogP contribution in [0.4, 0.5) is 0 Å². The molecule has 0 radical (unpaired) electrons. The second-order valence-corrected chi connectivity index (χ2v) is 5.85. The van der Waals surface area contributed by atoms with Crippen molar-refractivity contribution in [3.63, 3.8) is 0 Å². The van der Waals surface area contributed by atoms with Gasteiger partial charge in [0.2, 0.25) is 0 Å². The van der Waals surface area contributed by atoms with Crippen LogP contribution in [0.5, 0.6) is 0 Å². The first-order valence-corrected chi connectivity index (χ1v) is 6.65. The molecule has 0 saturated carbocycles. The zero-order valence-electron chi connectivity index (χ0n) is 10.3. The first kappa shape index (κ1) is 11.4. The Kier molecular flexibility index (Phi) is 2.67. The van der Waals surface area contributed by atoms with E-state index < -0.39 is 0 Å². The molecule has 1 aliphatic rings. The van der Waals surface area contributed by atoms with Gasteiger partial charge in [0.15, 0.2) is 4.87 Å². The summed E-state index contributed by atoms with van der Waals surface area (Å²) in [6.07, 6.45) is 0. The fourth-order valence-corrected chi connectivity index (χ4v) is 2.93. The van der Waals surface area contributed by atoms with Crippen molar-refractivity contribution >= 4 is 16.8 Å². The number of aryl methyl sites for hydroxylation is 1. The molecule has 0 aliphatic carbocycles.